The van der Waals surface area contributed by atoms with Gasteiger partial charge in [-0.3, -0.25) is 0 Å². The summed E-state index contributed by atoms with van der Waals surface area (Å²) in [5, 5.41) is 8.82. The molecule has 0 saturated carbocycles. The van der Waals surface area contributed by atoms with Gasteiger partial charge in [-0.25, -0.2) is 4.79 Å². The standard InChI is InChI=1S/C14H10F3NO2/c1-2-7-20-13(19)11(9-18)8-10-3-5-12(6-4-10)14(15,16)17/h2-6,8H,1,7H2. The summed E-state index contributed by atoms with van der Waals surface area (Å²) in [4.78, 5) is 11.4. The predicted octanol–water partition coefficient (Wildman–Crippen LogP) is 3.34. The van der Waals surface area contributed by atoms with Gasteiger partial charge in [-0.2, -0.15) is 18.4 Å². The van der Waals surface area contributed by atoms with Crippen LogP contribution in [-0.4, -0.2) is 12.6 Å². The molecule has 20 heavy (non-hydrogen) atoms. The Balaban J connectivity index is 2.94. The summed E-state index contributed by atoms with van der Waals surface area (Å²) in [6.45, 7) is 3.30. The maximum Gasteiger partial charge on any atom is 0.416 e. The number of esters is 1. The SMILES string of the molecule is C=CCOC(=O)C(C#N)=Cc1ccc(C(F)(F)F)cc1. The van der Waals surface area contributed by atoms with Crippen molar-refractivity contribution in [3.8, 4) is 6.07 Å². The Kier molecular flexibility index (Phi) is 5.09. The van der Waals surface area contributed by atoms with E-state index in [0.717, 1.165) is 18.2 Å². The highest BCUT2D eigenvalue weighted by atomic mass is 19.4. The highest BCUT2D eigenvalue weighted by Crippen LogP contribution is 2.29. The molecule has 0 bridgehead atoms. The minimum Gasteiger partial charge on any atom is -0.457 e. The maximum absolute atomic E-state index is 12.4. The topological polar surface area (TPSA) is 50.1 Å². The molecule has 0 N–H and O–H groups in total. The van der Waals surface area contributed by atoms with Gasteiger partial charge < -0.3 is 4.74 Å². The van der Waals surface area contributed by atoms with E-state index in [1.807, 2.05) is 0 Å². The molecular formula is C14H10F3NO2. The quantitative estimate of drug-likeness (QED) is 0.368. The van der Waals surface area contributed by atoms with E-state index < -0.39 is 17.7 Å². The molecule has 1 rings (SSSR count). The zero-order valence-electron chi connectivity index (χ0n) is 10.3. The summed E-state index contributed by atoms with van der Waals surface area (Å²) in [5.74, 6) is -0.854. The van der Waals surface area contributed by atoms with Crippen LogP contribution >= 0.6 is 0 Å². The third-order valence-electron chi connectivity index (χ3n) is 2.22. The fourth-order valence-corrected chi connectivity index (χ4v) is 1.28. The van der Waals surface area contributed by atoms with Crippen LogP contribution in [0.5, 0.6) is 0 Å². The second-order valence-corrected chi connectivity index (χ2v) is 3.68. The number of rotatable bonds is 4. The first-order chi connectivity index (χ1) is 9.38. The molecular weight excluding hydrogens is 271 g/mol. The third kappa shape index (κ3) is 4.28. The van der Waals surface area contributed by atoms with Crippen molar-refractivity contribution < 1.29 is 22.7 Å². The molecule has 0 fully saturated rings. The molecule has 0 unspecified atom stereocenters. The molecule has 0 radical (unpaired) electrons. The van der Waals surface area contributed by atoms with Crippen LogP contribution in [-0.2, 0) is 15.7 Å². The number of nitrogens with zero attached hydrogens (tertiary/aromatic N) is 1. The van der Waals surface area contributed by atoms with Gasteiger partial charge in [0.15, 0.2) is 0 Å². The minimum absolute atomic E-state index is 0.0507. The van der Waals surface area contributed by atoms with Crippen LogP contribution in [0.2, 0.25) is 0 Å². The lowest BCUT2D eigenvalue weighted by Crippen LogP contribution is -2.06. The number of carbonyl (C=O) groups excluding carboxylic acids is 1. The highest BCUT2D eigenvalue weighted by Gasteiger charge is 2.29. The number of alkyl halides is 3. The van der Waals surface area contributed by atoms with Crippen molar-refractivity contribution >= 4 is 12.0 Å². The van der Waals surface area contributed by atoms with Crippen LogP contribution in [0, 0.1) is 11.3 Å². The van der Waals surface area contributed by atoms with Crippen LogP contribution in [0.1, 0.15) is 11.1 Å². The maximum atomic E-state index is 12.4. The van der Waals surface area contributed by atoms with Gasteiger partial charge in [0.1, 0.15) is 18.2 Å². The van der Waals surface area contributed by atoms with Crippen molar-refractivity contribution in [2.24, 2.45) is 0 Å². The van der Waals surface area contributed by atoms with Gasteiger partial charge in [-0.15, -0.1) is 0 Å². The van der Waals surface area contributed by atoms with Crippen molar-refractivity contribution in [2.45, 2.75) is 6.18 Å². The lowest BCUT2D eigenvalue weighted by molar-refractivity contribution is -0.138. The van der Waals surface area contributed by atoms with E-state index in [0.29, 0.717) is 5.56 Å². The Morgan fingerprint density at radius 2 is 1.95 bits per heavy atom. The molecule has 0 atom stereocenters. The molecule has 0 amide bonds. The molecule has 3 nitrogen and oxygen atoms in total. The van der Waals surface area contributed by atoms with Gasteiger partial charge in [0.2, 0.25) is 0 Å². The molecule has 0 aliphatic heterocycles. The van der Waals surface area contributed by atoms with E-state index in [4.69, 9.17) is 5.26 Å². The first-order valence-corrected chi connectivity index (χ1v) is 5.45. The predicted molar refractivity (Wildman–Crippen MR) is 66.2 cm³/mol. The van der Waals surface area contributed by atoms with E-state index in [1.165, 1.54) is 18.2 Å². The summed E-state index contributed by atoms with van der Waals surface area (Å²) in [6.07, 6.45) is -1.93. The molecule has 0 aromatic heterocycles. The van der Waals surface area contributed by atoms with Crippen LogP contribution in [0.25, 0.3) is 6.08 Å². The number of hydrogen-bond donors (Lipinski definition) is 0. The summed E-state index contributed by atoms with van der Waals surface area (Å²) in [7, 11) is 0. The fourth-order valence-electron chi connectivity index (χ4n) is 1.28. The third-order valence-corrected chi connectivity index (χ3v) is 2.22. The number of carbonyl (C=O) groups is 1. The van der Waals surface area contributed by atoms with Gasteiger partial charge in [-0.1, -0.05) is 24.8 Å². The Morgan fingerprint density at radius 1 is 1.35 bits per heavy atom. The number of halogens is 3. The molecule has 6 heteroatoms. The molecule has 0 aliphatic carbocycles. The molecule has 0 aliphatic rings. The Hall–Kier alpha value is -2.55. The number of hydrogen-bond acceptors (Lipinski definition) is 3. The van der Waals surface area contributed by atoms with Crippen molar-refractivity contribution in [3.05, 3.63) is 53.6 Å². The first kappa shape index (κ1) is 15.5. The Morgan fingerprint density at radius 3 is 2.40 bits per heavy atom. The zero-order valence-corrected chi connectivity index (χ0v) is 10.3. The number of nitriles is 1. The summed E-state index contributed by atoms with van der Waals surface area (Å²) in [5.41, 5.74) is -0.806. The molecule has 1 aromatic carbocycles. The van der Waals surface area contributed by atoms with Crippen LogP contribution in [0.15, 0.2) is 42.5 Å². The fraction of sp³-hybridized carbons (Fsp3) is 0.143. The van der Waals surface area contributed by atoms with Crippen LogP contribution in [0.3, 0.4) is 0 Å². The monoisotopic (exact) mass is 281 g/mol. The second-order valence-electron chi connectivity index (χ2n) is 3.68. The summed E-state index contributed by atoms with van der Waals surface area (Å²) >= 11 is 0. The lowest BCUT2D eigenvalue weighted by Gasteiger charge is -2.06. The van der Waals surface area contributed by atoms with Gasteiger partial charge in [0.25, 0.3) is 0 Å². The molecule has 0 spiro atoms. The van der Waals surface area contributed by atoms with E-state index >= 15 is 0 Å². The molecule has 104 valence electrons. The van der Waals surface area contributed by atoms with Gasteiger partial charge in [0, 0.05) is 0 Å². The van der Waals surface area contributed by atoms with E-state index in [2.05, 4.69) is 11.3 Å². The van der Waals surface area contributed by atoms with Crippen molar-refractivity contribution in [1.82, 2.24) is 0 Å². The van der Waals surface area contributed by atoms with Gasteiger partial charge in [0.05, 0.1) is 5.56 Å². The van der Waals surface area contributed by atoms with Crippen molar-refractivity contribution in [3.63, 3.8) is 0 Å². The van der Waals surface area contributed by atoms with E-state index in [1.54, 1.807) is 6.07 Å². The Bertz CT molecular complexity index is 566. The average Bonchev–Trinajstić information content (AvgIpc) is 2.41. The largest absolute Gasteiger partial charge is 0.457 e. The molecule has 0 heterocycles. The van der Waals surface area contributed by atoms with Crippen LogP contribution < -0.4 is 0 Å². The van der Waals surface area contributed by atoms with Gasteiger partial charge >= 0.3 is 12.1 Å². The van der Waals surface area contributed by atoms with Crippen LogP contribution in [0.4, 0.5) is 13.2 Å². The normalized spacial score (nSPS) is 11.6. The molecule has 1 aromatic rings. The average molecular weight is 281 g/mol. The number of ether oxygens (including phenoxy) is 1. The highest BCUT2D eigenvalue weighted by molar-refractivity contribution is 5.97. The molecule has 0 saturated heterocycles. The smallest absolute Gasteiger partial charge is 0.416 e. The second kappa shape index (κ2) is 6.57. The van der Waals surface area contributed by atoms with Crippen molar-refractivity contribution in [2.75, 3.05) is 6.61 Å². The van der Waals surface area contributed by atoms with Crippen molar-refractivity contribution in [1.29, 1.82) is 5.26 Å². The first-order valence-electron chi connectivity index (χ1n) is 5.45. The van der Waals surface area contributed by atoms with E-state index in [9.17, 15) is 18.0 Å². The van der Waals surface area contributed by atoms with E-state index in [-0.39, 0.29) is 12.2 Å². The van der Waals surface area contributed by atoms with Gasteiger partial charge in [-0.05, 0) is 23.8 Å². The zero-order chi connectivity index (χ0) is 15.2. The Labute approximate surface area is 113 Å². The lowest BCUT2D eigenvalue weighted by atomic mass is 10.1. The summed E-state index contributed by atoms with van der Waals surface area (Å²) < 4.78 is 41.8. The minimum atomic E-state index is -4.43. The number of benzene rings is 1. The summed E-state index contributed by atoms with van der Waals surface area (Å²) in [6, 6.07) is 5.71.